The van der Waals surface area contributed by atoms with Gasteiger partial charge in [0.05, 0.1) is 0 Å². The van der Waals surface area contributed by atoms with Gasteiger partial charge in [-0.2, -0.15) is 0 Å². The molecule has 0 aliphatic heterocycles. The number of H-pyrrole nitrogens is 1. The molecule has 2 nitrogen and oxygen atoms in total. The van der Waals surface area contributed by atoms with Crippen molar-refractivity contribution in [2.24, 2.45) is 0 Å². The van der Waals surface area contributed by atoms with E-state index >= 15 is 0 Å². The molecule has 90 valence electrons. The maximum Gasteiger partial charge on any atom is 0.0455 e. The Balaban J connectivity index is 1.74. The van der Waals surface area contributed by atoms with E-state index in [2.05, 4.69) is 65.8 Å². The Bertz CT molecular complexity index is 650. The molecule has 0 atom stereocenters. The molecular weight excluding hydrogens is 220 g/mol. The molecule has 18 heavy (non-hydrogen) atoms. The van der Waals surface area contributed by atoms with Crippen LogP contribution in [0.5, 0.6) is 0 Å². The first-order valence-corrected chi connectivity index (χ1v) is 6.18. The lowest BCUT2D eigenvalue weighted by Crippen LogP contribution is -1.98. The SMILES string of the molecule is Cc1ccc(CNc2ccc3[nH]ccc3c2)cc1. The molecule has 0 saturated heterocycles. The third kappa shape index (κ3) is 2.23. The number of aryl methyl sites for hydroxylation is 1. The van der Waals surface area contributed by atoms with Gasteiger partial charge in [-0.05, 0) is 36.8 Å². The highest BCUT2D eigenvalue weighted by Crippen LogP contribution is 2.18. The molecule has 0 spiro atoms. The number of aromatic amines is 1. The Morgan fingerprint density at radius 2 is 1.83 bits per heavy atom. The molecule has 2 N–H and O–H groups in total. The molecule has 0 saturated carbocycles. The van der Waals surface area contributed by atoms with Crippen molar-refractivity contribution in [1.29, 1.82) is 0 Å². The van der Waals surface area contributed by atoms with Gasteiger partial charge in [0, 0.05) is 29.3 Å². The summed E-state index contributed by atoms with van der Waals surface area (Å²) < 4.78 is 0. The quantitative estimate of drug-likeness (QED) is 0.704. The number of anilines is 1. The first kappa shape index (κ1) is 10.9. The molecule has 0 amide bonds. The summed E-state index contributed by atoms with van der Waals surface area (Å²) in [6.45, 7) is 2.97. The molecule has 2 heteroatoms. The van der Waals surface area contributed by atoms with Crippen molar-refractivity contribution in [3.05, 3.63) is 65.9 Å². The summed E-state index contributed by atoms with van der Waals surface area (Å²) in [5, 5.41) is 4.69. The molecule has 2 aromatic carbocycles. The molecule has 0 aliphatic rings. The van der Waals surface area contributed by atoms with E-state index in [-0.39, 0.29) is 0 Å². The third-order valence-electron chi connectivity index (χ3n) is 3.17. The molecule has 0 unspecified atom stereocenters. The van der Waals surface area contributed by atoms with Gasteiger partial charge < -0.3 is 10.3 Å². The average molecular weight is 236 g/mol. The number of rotatable bonds is 3. The minimum absolute atomic E-state index is 0.857. The van der Waals surface area contributed by atoms with Gasteiger partial charge in [0.25, 0.3) is 0 Å². The predicted octanol–water partition coefficient (Wildman–Crippen LogP) is 4.09. The van der Waals surface area contributed by atoms with E-state index in [0.29, 0.717) is 0 Å². The van der Waals surface area contributed by atoms with Crippen LogP contribution in [0, 0.1) is 6.92 Å². The lowest BCUT2D eigenvalue weighted by atomic mass is 10.1. The number of aromatic nitrogens is 1. The summed E-state index contributed by atoms with van der Waals surface area (Å²) in [6, 6.07) is 17.1. The minimum Gasteiger partial charge on any atom is -0.381 e. The summed E-state index contributed by atoms with van der Waals surface area (Å²) in [6.07, 6.45) is 1.97. The normalized spacial score (nSPS) is 10.7. The van der Waals surface area contributed by atoms with Crippen LogP contribution in [0.1, 0.15) is 11.1 Å². The fourth-order valence-corrected chi connectivity index (χ4v) is 2.07. The van der Waals surface area contributed by atoms with E-state index in [1.165, 1.54) is 22.0 Å². The van der Waals surface area contributed by atoms with Crippen molar-refractivity contribution < 1.29 is 0 Å². The van der Waals surface area contributed by atoms with Crippen LogP contribution in [0.2, 0.25) is 0 Å². The van der Waals surface area contributed by atoms with Crippen molar-refractivity contribution >= 4 is 16.6 Å². The van der Waals surface area contributed by atoms with E-state index < -0.39 is 0 Å². The van der Waals surface area contributed by atoms with Crippen LogP contribution in [0.25, 0.3) is 10.9 Å². The lowest BCUT2D eigenvalue weighted by Gasteiger charge is -2.07. The van der Waals surface area contributed by atoms with Crippen LogP contribution in [-0.2, 0) is 6.54 Å². The molecule has 3 rings (SSSR count). The fourth-order valence-electron chi connectivity index (χ4n) is 2.07. The van der Waals surface area contributed by atoms with Crippen molar-refractivity contribution in [2.45, 2.75) is 13.5 Å². The van der Waals surface area contributed by atoms with E-state index in [4.69, 9.17) is 0 Å². The zero-order valence-electron chi connectivity index (χ0n) is 10.4. The molecule has 1 heterocycles. The van der Waals surface area contributed by atoms with E-state index in [0.717, 1.165) is 12.2 Å². The molecule has 0 radical (unpaired) electrons. The second-order valence-corrected chi connectivity index (χ2v) is 4.62. The van der Waals surface area contributed by atoms with Gasteiger partial charge in [-0.3, -0.25) is 0 Å². The fraction of sp³-hybridized carbons (Fsp3) is 0.125. The Morgan fingerprint density at radius 1 is 1.00 bits per heavy atom. The van der Waals surface area contributed by atoms with E-state index in [1.807, 2.05) is 6.20 Å². The van der Waals surface area contributed by atoms with Crippen LogP contribution in [0.4, 0.5) is 5.69 Å². The van der Waals surface area contributed by atoms with Crippen LogP contribution in [-0.4, -0.2) is 4.98 Å². The Kier molecular flexibility index (Phi) is 2.77. The zero-order valence-corrected chi connectivity index (χ0v) is 10.4. The standard InChI is InChI=1S/C16H16N2/c1-12-2-4-13(5-3-12)11-18-15-6-7-16-14(10-15)8-9-17-16/h2-10,17-18H,11H2,1H3. The van der Waals surface area contributed by atoms with Gasteiger partial charge in [0.1, 0.15) is 0 Å². The Morgan fingerprint density at radius 3 is 2.67 bits per heavy atom. The number of nitrogens with one attached hydrogen (secondary N) is 2. The van der Waals surface area contributed by atoms with Gasteiger partial charge in [-0.15, -0.1) is 0 Å². The highest BCUT2D eigenvalue weighted by Gasteiger charge is 1.97. The molecule has 1 aromatic heterocycles. The number of hydrogen-bond acceptors (Lipinski definition) is 1. The van der Waals surface area contributed by atoms with E-state index in [1.54, 1.807) is 0 Å². The summed E-state index contributed by atoms with van der Waals surface area (Å²) in [5.74, 6) is 0. The van der Waals surface area contributed by atoms with Gasteiger partial charge in [-0.1, -0.05) is 29.8 Å². The number of hydrogen-bond donors (Lipinski definition) is 2. The van der Waals surface area contributed by atoms with Crippen molar-refractivity contribution in [2.75, 3.05) is 5.32 Å². The summed E-state index contributed by atoms with van der Waals surface area (Å²) in [4.78, 5) is 3.20. The Labute approximate surface area is 107 Å². The summed E-state index contributed by atoms with van der Waals surface area (Å²) in [5.41, 5.74) is 4.93. The van der Waals surface area contributed by atoms with Crippen LogP contribution >= 0.6 is 0 Å². The first-order valence-electron chi connectivity index (χ1n) is 6.18. The second kappa shape index (κ2) is 4.57. The largest absolute Gasteiger partial charge is 0.381 e. The first-order chi connectivity index (χ1) is 8.81. The predicted molar refractivity (Wildman–Crippen MR) is 76.8 cm³/mol. The monoisotopic (exact) mass is 236 g/mol. The molecule has 0 fully saturated rings. The smallest absolute Gasteiger partial charge is 0.0455 e. The summed E-state index contributed by atoms with van der Waals surface area (Å²) in [7, 11) is 0. The number of benzene rings is 2. The van der Waals surface area contributed by atoms with Crippen LogP contribution < -0.4 is 5.32 Å². The average Bonchev–Trinajstić information content (AvgIpc) is 2.85. The highest BCUT2D eigenvalue weighted by molar-refractivity contribution is 5.82. The summed E-state index contributed by atoms with van der Waals surface area (Å²) >= 11 is 0. The van der Waals surface area contributed by atoms with E-state index in [9.17, 15) is 0 Å². The van der Waals surface area contributed by atoms with Crippen molar-refractivity contribution in [1.82, 2.24) is 4.98 Å². The molecule has 0 aliphatic carbocycles. The molecule has 0 bridgehead atoms. The molecular formula is C16H16N2. The lowest BCUT2D eigenvalue weighted by molar-refractivity contribution is 1.15. The third-order valence-corrected chi connectivity index (χ3v) is 3.17. The Hall–Kier alpha value is -2.22. The van der Waals surface area contributed by atoms with Crippen LogP contribution in [0.15, 0.2) is 54.7 Å². The topological polar surface area (TPSA) is 27.8 Å². The minimum atomic E-state index is 0.857. The maximum atomic E-state index is 3.45. The zero-order chi connectivity index (χ0) is 12.4. The maximum absolute atomic E-state index is 3.45. The molecule has 3 aromatic rings. The van der Waals surface area contributed by atoms with Crippen molar-refractivity contribution in [3.63, 3.8) is 0 Å². The highest BCUT2D eigenvalue weighted by atomic mass is 14.9. The van der Waals surface area contributed by atoms with Gasteiger partial charge in [0.15, 0.2) is 0 Å². The van der Waals surface area contributed by atoms with Gasteiger partial charge in [-0.25, -0.2) is 0 Å². The van der Waals surface area contributed by atoms with Gasteiger partial charge in [0.2, 0.25) is 0 Å². The van der Waals surface area contributed by atoms with Gasteiger partial charge >= 0.3 is 0 Å². The number of fused-ring (bicyclic) bond motifs is 1. The van der Waals surface area contributed by atoms with Crippen LogP contribution in [0.3, 0.4) is 0 Å². The van der Waals surface area contributed by atoms with Crippen molar-refractivity contribution in [3.8, 4) is 0 Å². The second-order valence-electron chi connectivity index (χ2n) is 4.62.